The van der Waals surface area contributed by atoms with Crippen LogP contribution in [0.1, 0.15) is 9.75 Å². The van der Waals surface area contributed by atoms with Crippen LogP contribution in [0.15, 0.2) is 71.8 Å². The van der Waals surface area contributed by atoms with Gasteiger partial charge in [0.05, 0.1) is 11.0 Å². The molecule has 0 atom stereocenters. The molecule has 10 heteroatoms. The number of thiophene rings is 2. The fourth-order valence-corrected chi connectivity index (χ4v) is 6.54. The summed E-state index contributed by atoms with van der Waals surface area (Å²) in [5, 5.41) is 47.9. The summed E-state index contributed by atoms with van der Waals surface area (Å²) < 4.78 is 18.5. The summed E-state index contributed by atoms with van der Waals surface area (Å²) >= 11 is 2.85. The van der Waals surface area contributed by atoms with Gasteiger partial charge in [0.25, 0.3) is 0 Å². The SMILES string of the molecule is [2H]On1c2cc(-c3ccc(C=C(C#N)C#N)s3)ccc2c2c1c1ccc(-c3ccc(C=C(C#N)C#N)s3)cc1n2O[2H]. The fraction of sp³-hybridized carbons (Fsp3) is 0. The lowest BCUT2D eigenvalue weighted by atomic mass is 10.1. The third-order valence-electron chi connectivity index (χ3n) is 6.45. The molecule has 0 bridgehead atoms. The molecule has 0 aliphatic heterocycles. The van der Waals surface area contributed by atoms with Gasteiger partial charge in [-0.1, -0.05) is 12.1 Å². The number of nitriles is 4. The van der Waals surface area contributed by atoms with E-state index in [1.807, 2.05) is 84.9 Å². The van der Waals surface area contributed by atoms with E-state index in [0.29, 0.717) is 32.8 Å². The molecule has 8 nitrogen and oxygen atoms in total. The number of allylic oxidation sites excluding steroid dienone is 2. The Balaban J connectivity index is 1.48. The van der Waals surface area contributed by atoms with Gasteiger partial charge in [0.15, 0.2) is 0 Å². The number of nitrogens with zero attached hydrogens (tertiary/aromatic N) is 6. The van der Waals surface area contributed by atoms with Gasteiger partial charge in [-0.25, -0.2) is 0 Å². The zero-order valence-corrected chi connectivity index (χ0v) is 21.9. The van der Waals surface area contributed by atoms with Crippen LogP contribution >= 0.6 is 22.7 Å². The molecular formula is C30H14N6O2S2. The van der Waals surface area contributed by atoms with Crippen LogP contribution in [-0.2, 0) is 0 Å². The maximum Gasteiger partial charge on any atom is 0.327 e. The van der Waals surface area contributed by atoms with Crippen molar-refractivity contribution in [1.29, 1.82) is 21.0 Å². The Bertz CT molecular complexity index is 2100. The van der Waals surface area contributed by atoms with Crippen LogP contribution in [0.5, 0.6) is 0 Å². The summed E-state index contributed by atoms with van der Waals surface area (Å²) in [6.07, 6.45) is 3.07. The predicted molar refractivity (Wildman–Crippen MR) is 154 cm³/mol. The van der Waals surface area contributed by atoms with E-state index in [2.05, 4.69) is 0 Å². The van der Waals surface area contributed by atoms with Gasteiger partial charge in [0, 0.05) is 30.3 Å². The molecule has 0 saturated heterocycles. The topological polar surface area (TPSA) is 145 Å². The minimum absolute atomic E-state index is 0.0209. The highest BCUT2D eigenvalue weighted by Crippen LogP contribution is 2.40. The molecular weight excluding hydrogens is 541 g/mol. The third-order valence-corrected chi connectivity index (χ3v) is 8.61. The lowest BCUT2D eigenvalue weighted by molar-refractivity contribution is 0.208. The van der Waals surface area contributed by atoms with Crippen molar-refractivity contribution in [2.45, 2.75) is 0 Å². The Labute approximate surface area is 237 Å². The second kappa shape index (κ2) is 9.51. The zero-order valence-electron chi connectivity index (χ0n) is 22.2. The molecule has 0 fully saturated rings. The van der Waals surface area contributed by atoms with E-state index in [-0.39, 0.29) is 11.1 Å². The van der Waals surface area contributed by atoms with Crippen molar-refractivity contribution < 1.29 is 13.3 Å². The molecule has 40 heavy (non-hydrogen) atoms. The van der Waals surface area contributed by atoms with Crippen molar-refractivity contribution in [3.8, 4) is 45.2 Å². The molecule has 0 unspecified atom stereocenters. The van der Waals surface area contributed by atoms with Crippen molar-refractivity contribution in [2.75, 3.05) is 0 Å². The van der Waals surface area contributed by atoms with Crippen molar-refractivity contribution in [3.05, 3.63) is 81.6 Å². The van der Waals surface area contributed by atoms with Crippen LogP contribution in [0.25, 0.3) is 65.9 Å². The highest BCUT2D eigenvalue weighted by atomic mass is 32.1. The summed E-state index contributed by atoms with van der Waals surface area (Å²) in [6, 6.07) is 26.3. The number of hydrogen-bond acceptors (Lipinski definition) is 8. The Kier molecular flexibility index (Phi) is 5.28. The molecule has 0 amide bonds. The van der Waals surface area contributed by atoms with Crippen molar-refractivity contribution in [3.63, 3.8) is 0 Å². The van der Waals surface area contributed by atoms with Gasteiger partial charge in [-0.05, 0) is 71.8 Å². The van der Waals surface area contributed by atoms with E-state index >= 15 is 0 Å². The van der Waals surface area contributed by atoms with Gasteiger partial charge in [0.2, 0.25) is 0 Å². The van der Waals surface area contributed by atoms with Crippen LogP contribution in [0.3, 0.4) is 0 Å². The minimum Gasteiger partial charge on any atom is -0.428 e. The molecule has 4 heterocycles. The molecule has 0 aliphatic rings. The highest BCUT2D eigenvalue weighted by molar-refractivity contribution is 7.16. The maximum atomic E-state index is 9.06. The van der Waals surface area contributed by atoms with Crippen LogP contribution < -0.4 is 0 Å². The molecule has 2 N–H and O–H groups in total. The predicted octanol–water partition coefficient (Wildman–Crippen LogP) is 7.54. The van der Waals surface area contributed by atoms with Crippen LogP contribution in [0.2, 0.25) is 2.86 Å². The summed E-state index contributed by atoms with van der Waals surface area (Å²) in [5.41, 5.74) is 4.08. The quantitative estimate of drug-likeness (QED) is 0.160. The van der Waals surface area contributed by atoms with E-state index in [1.54, 1.807) is 0 Å². The van der Waals surface area contributed by atoms with Crippen molar-refractivity contribution >= 4 is 67.7 Å². The first-order valence-corrected chi connectivity index (χ1v) is 13.3. The minimum atomic E-state index is 0.0209. The van der Waals surface area contributed by atoms with Gasteiger partial charge in [-0.2, -0.15) is 30.5 Å². The molecule has 0 aliphatic carbocycles. The highest BCUT2D eigenvalue weighted by Gasteiger charge is 2.21. The lowest BCUT2D eigenvalue weighted by Gasteiger charge is -2.04. The Morgan fingerprint density at radius 2 is 1.07 bits per heavy atom. The first-order valence-electron chi connectivity index (χ1n) is 12.5. The van der Waals surface area contributed by atoms with E-state index in [4.69, 9.17) is 34.3 Å². The molecule has 0 spiro atoms. The average molecular weight is 557 g/mol. The third kappa shape index (κ3) is 3.86. The van der Waals surface area contributed by atoms with Crippen molar-refractivity contribution in [2.24, 2.45) is 0 Å². The number of rotatable bonds is 6. The number of aromatic nitrogens is 2. The zero-order chi connectivity index (χ0) is 29.4. The van der Waals surface area contributed by atoms with Gasteiger partial charge >= 0.3 is 2.86 Å². The summed E-state index contributed by atoms with van der Waals surface area (Å²) in [4.78, 5) is 3.33. The Morgan fingerprint density at radius 3 is 1.45 bits per heavy atom. The monoisotopic (exact) mass is 556 g/mol. The second-order valence-electron chi connectivity index (χ2n) is 8.72. The van der Waals surface area contributed by atoms with E-state index < -0.39 is 0 Å². The Morgan fingerprint density at radius 1 is 0.650 bits per heavy atom. The van der Waals surface area contributed by atoms with E-state index in [1.165, 1.54) is 44.3 Å². The van der Waals surface area contributed by atoms with Gasteiger partial charge in [-0.15, -0.1) is 22.7 Å². The maximum absolute atomic E-state index is 9.06. The number of benzene rings is 2. The molecule has 0 radical (unpaired) electrons. The van der Waals surface area contributed by atoms with E-state index in [0.717, 1.165) is 30.6 Å². The van der Waals surface area contributed by atoms with E-state index in [9.17, 15) is 0 Å². The molecule has 6 aromatic rings. The summed E-state index contributed by atoms with van der Waals surface area (Å²) in [5.74, 6) is 0. The molecule has 2 aromatic carbocycles. The number of fused-ring (bicyclic) bond motifs is 5. The van der Waals surface area contributed by atoms with Crippen LogP contribution in [0.4, 0.5) is 0 Å². The first kappa shape index (κ1) is 22.2. The van der Waals surface area contributed by atoms with Gasteiger partial charge < -0.3 is 10.4 Å². The summed E-state index contributed by atoms with van der Waals surface area (Å²) in [7, 11) is 0. The summed E-state index contributed by atoms with van der Waals surface area (Å²) in [6.45, 7) is 0. The molecule has 4 aromatic heterocycles. The smallest absolute Gasteiger partial charge is 0.327 e. The molecule has 0 saturated carbocycles. The van der Waals surface area contributed by atoms with Crippen LogP contribution in [0, 0.1) is 45.3 Å². The standard InChI is InChI=1S/C30H14N6O2S2/c31-13-17(14-32)9-21-3-7-27(39-21)19-1-5-23-25(11-19)35(37)30-24-6-2-20(12-26(24)36(38)29(23)30)28-8-4-22(40-28)10-18(15-33)16-34/h1-12,37-38H/i37D,38D. The Hall–Kier alpha value is -5.78. The average Bonchev–Trinajstić information content (AvgIpc) is 3.81. The van der Waals surface area contributed by atoms with Crippen molar-refractivity contribution in [1.82, 2.24) is 9.46 Å². The van der Waals surface area contributed by atoms with Gasteiger partial charge in [0.1, 0.15) is 46.5 Å². The normalized spacial score (nSPS) is 11.1. The van der Waals surface area contributed by atoms with Gasteiger partial charge in [-0.3, -0.25) is 0 Å². The lowest BCUT2D eigenvalue weighted by Crippen LogP contribution is -1.90. The van der Waals surface area contributed by atoms with Crippen LogP contribution in [-0.4, -0.2) is 19.9 Å². The number of hydrogen-bond donors (Lipinski definition) is 2. The first-order chi connectivity index (χ1) is 20.5. The molecule has 6 rings (SSSR count). The fourth-order valence-electron chi connectivity index (χ4n) is 4.65. The largest absolute Gasteiger partial charge is 0.428 e. The second-order valence-corrected chi connectivity index (χ2v) is 10.9. The molecule has 188 valence electrons.